The number of phenols is 2. The Balaban J connectivity index is 1.53. The van der Waals surface area contributed by atoms with Gasteiger partial charge in [-0.1, -0.05) is 0 Å². The van der Waals surface area contributed by atoms with Crippen LogP contribution in [0.15, 0.2) is 34.8 Å². The zero-order valence-electron chi connectivity index (χ0n) is 19.5. The van der Waals surface area contributed by atoms with Gasteiger partial charge in [0.1, 0.15) is 23.7 Å². The number of hydrogen-bond donors (Lipinski definition) is 6. The summed E-state index contributed by atoms with van der Waals surface area (Å²) in [6.07, 6.45) is 0. The summed E-state index contributed by atoms with van der Waals surface area (Å²) in [5.74, 6) is -5.11. The molecule has 4 rings (SSSR count). The highest BCUT2D eigenvalue weighted by molar-refractivity contribution is 8.00. The smallest absolute Gasteiger partial charge is 0.352 e. The number of fused-ring (bicyclic) bond motifs is 1. The van der Waals surface area contributed by atoms with Crippen molar-refractivity contribution in [3.63, 3.8) is 0 Å². The Labute approximate surface area is 222 Å². The lowest BCUT2D eigenvalue weighted by Gasteiger charge is -2.49. The van der Waals surface area contributed by atoms with Crippen LogP contribution in [0, 0.1) is 0 Å². The van der Waals surface area contributed by atoms with Crippen molar-refractivity contribution in [3.8, 4) is 11.5 Å². The molecule has 2 aliphatic rings. The summed E-state index contributed by atoms with van der Waals surface area (Å²) in [7, 11) is 0. The van der Waals surface area contributed by atoms with Gasteiger partial charge in [-0.15, -0.1) is 23.1 Å². The van der Waals surface area contributed by atoms with Crippen molar-refractivity contribution in [1.29, 1.82) is 0 Å². The number of aromatic hydroxyl groups is 2. The molecule has 3 heterocycles. The van der Waals surface area contributed by atoms with Gasteiger partial charge in [0.25, 0.3) is 11.8 Å². The van der Waals surface area contributed by atoms with E-state index in [1.54, 1.807) is 0 Å². The van der Waals surface area contributed by atoms with Gasteiger partial charge in [0.05, 0.1) is 5.69 Å². The van der Waals surface area contributed by atoms with E-state index in [-0.39, 0.29) is 40.0 Å². The number of carboxylic acids is 1. The van der Waals surface area contributed by atoms with Crippen molar-refractivity contribution in [3.05, 3.63) is 46.1 Å². The van der Waals surface area contributed by atoms with Gasteiger partial charge < -0.3 is 36.4 Å². The quantitative estimate of drug-likeness (QED) is 0.141. The molecule has 1 aromatic heterocycles. The van der Waals surface area contributed by atoms with Crippen LogP contribution in [-0.2, 0) is 23.9 Å². The zero-order valence-corrected chi connectivity index (χ0v) is 21.2. The average molecular weight is 564 g/mol. The number of ether oxygens (including phenoxy) is 1. The minimum Gasteiger partial charge on any atom is -0.504 e. The molecule has 3 amide bonds. The number of nitrogen functional groups attached to an aromatic ring is 1. The van der Waals surface area contributed by atoms with E-state index >= 15 is 0 Å². The number of anilines is 1. The molecule has 14 nitrogen and oxygen atoms in total. The number of aliphatic carboxylic acids is 1. The minimum atomic E-state index is -1.39. The first-order valence-corrected chi connectivity index (χ1v) is 12.8. The van der Waals surface area contributed by atoms with Crippen molar-refractivity contribution >= 4 is 57.9 Å². The Morgan fingerprint density at radius 2 is 2.00 bits per heavy atom. The summed E-state index contributed by atoms with van der Waals surface area (Å²) in [5, 5.41) is 34.7. The molecule has 3 atom stereocenters. The zero-order chi connectivity index (χ0) is 27.7. The Morgan fingerprint density at radius 1 is 1.26 bits per heavy atom. The van der Waals surface area contributed by atoms with Crippen molar-refractivity contribution in [1.82, 2.24) is 20.5 Å². The van der Waals surface area contributed by atoms with Crippen LogP contribution in [0.2, 0.25) is 0 Å². The Morgan fingerprint density at radius 3 is 2.61 bits per heavy atom. The minimum absolute atomic E-state index is 0.0634. The van der Waals surface area contributed by atoms with Gasteiger partial charge in [0, 0.05) is 29.2 Å². The molecule has 38 heavy (non-hydrogen) atoms. The van der Waals surface area contributed by atoms with Crippen LogP contribution >= 0.6 is 23.1 Å². The fourth-order valence-corrected chi connectivity index (χ4v) is 5.72. The number of phenolic OH excluding ortho intramolecular Hbond substituents is 2. The molecule has 7 N–H and O–H groups in total. The maximum Gasteiger partial charge on any atom is 0.352 e. The molecule has 0 bridgehead atoms. The van der Waals surface area contributed by atoms with Gasteiger partial charge in [0.2, 0.25) is 5.91 Å². The van der Waals surface area contributed by atoms with E-state index in [0.29, 0.717) is 0 Å². The molecule has 2 aliphatic heterocycles. The lowest BCUT2D eigenvalue weighted by molar-refractivity contribution is -0.151. The third kappa shape index (κ3) is 5.21. The van der Waals surface area contributed by atoms with Gasteiger partial charge in [-0.2, -0.15) is 0 Å². The maximum atomic E-state index is 13.3. The number of carboxylic acid groups (broad SMARTS) is 1. The number of aromatic nitrogens is 1. The molecule has 0 aliphatic carbocycles. The number of nitrogens with two attached hydrogens (primary N) is 1. The first-order valence-electron chi connectivity index (χ1n) is 10.9. The fourth-order valence-electron chi connectivity index (χ4n) is 3.81. The maximum absolute atomic E-state index is 13.3. The Kier molecular flexibility index (Phi) is 7.45. The first kappa shape index (κ1) is 26.7. The second kappa shape index (κ2) is 10.6. The summed E-state index contributed by atoms with van der Waals surface area (Å²) in [6.45, 7) is 0.888. The van der Waals surface area contributed by atoms with E-state index in [1.807, 2.05) is 0 Å². The molecule has 200 valence electrons. The Hall–Kier alpha value is -4.31. The monoisotopic (exact) mass is 563 g/mol. The molecule has 1 aromatic carbocycles. The largest absolute Gasteiger partial charge is 0.504 e. The summed E-state index contributed by atoms with van der Waals surface area (Å²) in [5.41, 5.74) is 5.65. The van der Waals surface area contributed by atoms with Crippen LogP contribution in [0.1, 0.15) is 29.0 Å². The number of hydrogen-bond acceptors (Lipinski definition) is 12. The standard InChI is InChI=1S/C22H21N5O9S2/c1-8(28)36-5-10-6-37-20-15(19(33)27(20)16(10)21(34)35)26-18(32)14(11-7-38-22(23)24-11)25-17(31)9-2-3-12(29)13(30)4-9/h2-4,7,14-15,20,29-30H,5-6H2,1H3,(H2,23,24)(H,25,31)(H,26,32)(H,34,35). The third-order valence-corrected chi connectivity index (χ3v) is 7.64. The molecule has 2 aromatic rings. The number of rotatable bonds is 8. The lowest BCUT2D eigenvalue weighted by Crippen LogP contribution is -2.71. The van der Waals surface area contributed by atoms with E-state index in [0.717, 1.165) is 28.4 Å². The van der Waals surface area contributed by atoms with Crippen molar-refractivity contribution < 1.29 is 44.0 Å². The summed E-state index contributed by atoms with van der Waals surface area (Å²) in [6, 6.07) is 0.842. The van der Waals surface area contributed by atoms with Crippen LogP contribution in [0.3, 0.4) is 0 Å². The Bertz CT molecular complexity index is 1370. The first-order chi connectivity index (χ1) is 18.0. The highest BCUT2D eigenvalue weighted by Gasteiger charge is 2.54. The van der Waals surface area contributed by atoms with Crippen molar-refractivity contribution in [2.75, 3.05) is 18.1 Å². The summed E-state index contributed by atoms with van der Waals surface area (Å²) in [4.78, 5) is 67.1. The van der Waals surface area contributed by atoms with Crippen LogP contribution in [-0.4, -0.2) is 78.6 Å². The molecule has 3 unspecified atom stereocenters. The van der Waals surface area contributed by atoms with E-state index < -0.39 is 58.6 Å². The fraction of sp³-hybridized carbons (Fsp3) is 0.273. The number of benzene rings is 1. The predicted octanol–water partition coefficient (Wildman–Crippen LogP) is -0.0907. The highest BCUT2D eigenvalue weighted by Crippen LogP contribution is 2.40. The second-order valence-corrected chi connectivity index (χ2v) is 10.1. The number of carbonyl (C=O) groups is 5. The molecule has 0 spiro atoms. The van der Waals surface area contributed by atoms with Crippen LogP contribution < -0.4 is 16.4 Å². The molecule has 0 radical (unpaired) electrons. The third-order valence-electron chi connectivity index (χ3n) is 5.61. The van der Waals surface area contributed by atoms with Gasteiger partial charge in [-0.3, -0.25) is 24.1 Å². The van der Waals surface area contributed by atoms with Gasteiger partial charge >= 0.3 is 11.9 Å². The van der Waals surface area contributed by atoms with Gasteiger partial charge in [-0.25, -0.2) is 9.78 Å². The number of esters is 1. The molecule has 1 fully saturated rings. The second-order valence-electron chi connectivity index (χ2n) is 8.15. The van der Waals surface area contributed by atoms with E-state index in [2.05, 4.69) is 15.6 Å². The summed E-state index contributed by atoms with van der Waals surface area (Å²) < 4.78 is 4.90. The normalized spacial score (nSPS) is 19.2. The number of thiazole rings is 1. The average Bonchev–Trinajstić information content (AvgIpc) is 3.30. The van der Waals surface area contributed by atoms with Gasteiger partial charge in [0.15, 0.2) is 22.7 Å². The number of β-lactam (4-membered cyclic amide) rings is 1. The molecule has 1 saturated heterocycles. The molecular weight excluding hydrogens is 542 g/mol. The topological polar surface area (TPSA) is 221 Å². The lowest BCUT2D eigenvalue weighted by atomic mass is 10.0. The number of amides is 3. The van der Waals surface area contributed by atoms with E-state index in [1.165, 1.54) is 30.1 Å². The van der Waals surface area contributed by atoms with E-state index in [4.69, 9.17) is 10.5 Å². The number of nitrogens with zero attached hydrogens (tertiary/aromatic N) is 2. The van der Waals surface area contributed by atoms with Crippen molar-refractivity contribution in [2.24, 2.45) is 0 Å². The van der Waals surface area contributed by atoms with Gasteiger partial charge in [-0.05, 0) is 18.2 Å². The van der Waals surface area contributed by atoms with Crippen molar-refractivity contribution in [2.45, 2.75) is 24.4 Å². The van der Waals surface area contributed by atoms with Crippen LogP contribution in [0.25, 0.3) is 0 Å². The molecule has 0 saturated carbocycles. The number of nitrogens with one attached hydrogen (secondary N) is 2. The SMILES string of the molecule is CC(=O)OCC1=C(C(=O)O)N2C(=O)C(NC(=O)C(NC(=O)c3ccc(O)c(O)c3)c3csc(N)n3)C2SC1. The van der Waals surface area contributed by atoms with Crippen LogP contribution in [0.4, 0.5) is 5.13 Å². The predicted molar refractivity (Wildman–Crippen MR) is 133 cm³/mol. The number of carbonyl (C=O) groups excluding carboxylic acids is 4. The summed E-state index contributed by atoms with van der Waals surface area (Å²) >= 11 is 2.20. The highest BCUT2D eigenvalue weighted by atomic mass is 32.2. The van der Waals surface area contributed by atoms with E-state index in [9.17, 15) is 39.3 Å². The van der Waals surface area contributed by atoms with Crippen LogP contribution in [0.5, 0.6) is 11.5 Å². The molecular formula is C22H21N5O9S2. The number of thioether (sulfide) groups is 1. The molecule has 16 heteroatoms.